The van der Waals surface area contributed by atoms with E-state index in [0.29, 0.717) is 0 Å². The zero-order valence-corrected chi connectivity index (χ0v) is 10.4. The molecule has 0 aromatic rings. The van der Waals surface area contributed by atoms with Crippen LogP contribution in [0.25, 0.3) is 0 Å². The van der Waals surface area contributed by atoms with E-state index in [1.165, 1.54) is 45.9 Å². The fourth-order valence-corrected chi connectivity index (χ4v) is 2.22. The molecule has 2 aliphatic carbocycles. The molecule has 1 unspecified atom stereocenters. The number of rotatable bonds is 7. The van der Waals surface area contributed by atoms with Crippen molar-refractivity contribution < 1.29 is 9.53 Å². The second-order valence-electron chi connectivity index (χ2n) is 5.53. The minimum absolute atomic E-state index is 0.0162. The fourth-order valence-electron chi connectivity index (χ4n) is 2.22. The van der Waals surface area contributed by atoms with Gasteiger partial charge in [0.2, 0.25) is 0 Å². The molecule has 0 radical (unpaired) electrons. The lowest BCUT2D eigenvalue weighted by atomic mass is 10.1. The molecule has 92 valence electrons. The van der Waals surface area contributed by atoms with Crippen LogP contribution in [0.4, 0.5) is 0 Å². The highest BCUT2D eigenvalue weighted by Crippen LogP contribution is 2.33. The molecule has 3 heteroatoms. The van der Waals surface area contributed by atoms with Crippen molar-refractivity contribution in [3.05, 3.63) is 0 Å². The molecule has 2 saturated carbocycles. The van der Waals surface area contributed by atoms with Crippen LogP contribution in [0.1, 0.15) is 32.6 Å². The van der Waals surface area contributed by atoms with Gasteiger partial charge in [-0.3, -0.25) is 4.79 Å². The van der Waals surface area contributed by atoms with E-state index < -0.39 is 0 Å². The molecule has 2 fully saturated rings. The minimum Gasteiger partial charge on any atom is -0.469 e. The van der Waals surface area contributed by atoms with Crippen LogP contribution >= 0.6 is 0 Å². The molecule has 0 heterocycles. The Kier molecular flexibility index (Phi) is 3.85. The van der Waals surface area contributed by atoms with Gasteiger partial charge in [0, 0.05) is 19.6 Å². The summed E-state index contributed by atoms with van der Waals surface area (Å²) >= 11 is 0. The summed E-state index contributed by atoms with van der Waals surface area (Å²) in [6.45, 7) is 5.23. The topological polar surface area (TPSA) is 29.5 Å². The smallest absolute Gasteiger partial charge is 0.309 e. The van der Waals surface area contributed by atoms with E-state index in [0.717, 1.165) is 18.4 Å². The predicted molar refractivity (Wildman–Crippen MR) is 63.1 cm³/mol. The highest BCUT2D eigenvalue weighted by atomic mass is 16.5. The van der Waals surface area contributed by atoms with Crippen LogP contribution in [-0.4, -0.2) is 37.6 Å². The average Bonchev–Trinajstić information content (AvgIpc) is 3.12. The van der Waals surface area contributed by atoms with Crippen molar-refractivity contribution in [1.29, 1.82) is 0 Å². The predicted octanol–water partition coefficient (Wildman–Crippen LogP) is 1.92. The zero-order valence-electron chi connectivity index (χ0n) is 10.4. The summed E-state index contributed by atoms with van der Waals surface area (Å²) in [7, 11) is 1.48. The molecule has 2 aliphatic rings. The Hall–Kier alpha value is -0.570. The molecule has 0 aromatic carbocycles. The second kappa shape index (κ2) is 5.17. The van der Waals surface area contributed by atoms with Crippen LogP contribution in [-0.2, 0) is 9.53 Å². The van der Waals surface area contributed by atoms with Gasteiger partial charge in [-0.2, -0.15) is 0 Å². The van der Waals surface area contributed by atoms with Crippen molar-refractivity contribution in [2.24, 2.45) is 17.8 Å². The molecule has 16 heavy (non-hydrogen) atoms. The molecule has 0 bridgehead atoms. The Morgan fingerprint density at radius 2 is 1.75 bits per heavy atom. The standard InChI is InChI=1S/C13H23NO2/c1-10(13(15)16-2)7-14(8-11-3-4-11)9-12-5-6-12/h10-12H,3-9H2,1-2H3. The number of ether oxygens (including phenoxy) is 1. The van der Waals surface area contributed by atoms with Gasteiger partial charge in [0.1, 0.15) is 0 Å². The van der Waals surface area contributed by atoms with E-state index in [1.807, 2.05) is 6.92 Å². The molecule has 2 rings (SSSR count). The monoisotopic (exact) mass is 225 g/mol. The quantitative estimate of drug-likeness (QED) is 0.620. The van der Waals surface area contributed by atoms with E-state index in [-0.39, 0.29) is 11.9 Å². The first-order valence-electron chi connectivity index (χ1n) is 6.49. The Bertz CT molecular complexity index is 232. The van der Waals surface area contributed by atoms with Crippen molar-refractivity contribution in [3.63, 3.8) is 0 Å². The van der Waals surface area contributed by atoms with Gasteiger partial charge in [0.25, 0.3) is 0 Å². The summed E-state index contributed by atoms with van der Waals surface area (Å²) in [6.07, 6.45) is 5.53. The van der Waals surface area contributed by atoms with Gasteiger partial charge in [0.15, 0.2) is 0 Å². The molecule has 0 spiro atoms. The molecule has 0 aliphatic heterocycles. The number of hydrogen-bond donors (Lipinski definition) is 0. The fraction of sp³-hybridized carbons (Fsp3) is 0.923. The third-order valence-electron chi connectivity index (χ3n) is 3.56. The maximum absolute atomic E-state index is 11.4. The molecule has 1 atom stereocenters. The van der Waals surface area contributed by atoms with Gasteiger partial charge in [-0.1, -0.05) is 6.92 Å². The number of methoxy groups -OCH3 is 1. The van der Waals surface area contributed by atoms with Crippen molar-refractivity contribution in [2.75, 3.05) is 26.7 Å². The maximum atomic E-state index is 11.4. The van der Waals surface area contributed by atoms with E-state index in [2.05, 4.69) is 4.90 Å². The van der Waals surface area contributed by atoms with E-state index >= 15 is 0 Å². The van der Waals surface area contributed by atoms with E-state index in [9.17, 15) is 4.79 Å². The molecule has 0 saturated heterocycles. The average molecular weight is 225 g/mol. The van der Waals surface area contributed by atoms with Crippen molar-refractivity contribution in [3.8, 4) is 0 Å². The van der Waals surface area contributed by atoms with Crippen LogP contribution in [0.15, 0.2) is 0 Å². The Morgan fingerprint density at radius 1 is 1.25 bits per heavy atom. The summed E-state index contributed by atoms with van der Waals surface area (Å²) in [4.78, 5) is 13.9. The van der Waals surface area contributed by atoms with Gasteiger partial charge in [-0.15, -0.1) is 0 Å². The summed E-state index contributed by atoms with van der Waals surface area (Å²) in [5.41, 5.74) is 0. The Morgan fingerprint density at radius 3 is 2.12 bits per heavy atom. The first-order chi connectivity index (χ1) is 7.69. The van der Waals surface area contributed by atoms with Crippen LogP contribution in [0.2, 0.25) is 0 Å². The highest BCUT2D eigenvalue weighted by Gasteiger charge is 2.30. The first-order valence-corrected chi connectivity index (χ1v) is 6.49. The molecular formula is C13H23NO2. The summed E-state index contributed by atoms with van der Waals surface area (Å²) < 4.78 is 4.79. The minimum atomic E-state index is -0.0726. The first kappa shape index (κ1) is 11.9. The largest absolute Gasteiger partial charge is 0.469 e. The van der Waals surface area contributed by atoms with Crippen molar-refractivity contribution in [1.82, 2.24) is 4.90 Å². The lowest BCUT2D eigenvalue weighted by Gasteiger charge is -2.24. The third kappa shape index (κ3) is 3.78. The van der Waals surface area contributed by atoms with Gasteiger partial charge in [-0.25, -0.2) is 0 Å². The second-order valence-corrected chi connectivity index (χ2v) is 5.53. The van der Waals surface area contributed by atoms with Gasteiger partial charge >= 0.3 is 5.97 Å². The van der Waals surface area contributed by atoms with Gasteiger partial charge in [0.05, 0.1) is 13.0 Å². The van der Waals surface area contributed by atoms with E-state index in [1.54, 1.807) is 0 Å². The number of esters is 1. The third-order valence-corrected chi connectivity index (χ3v) is 3.56. The van der Waals surface area contributed by atoms with Crippen molar-refractivity contribution in [2.45, 2.75) is 32.6 Å². The summed E-state index contributed by atoms with van der Waals surface area (Å²) in [5.74, 6) is 1.76. The van der Waals surface area contributed by atoms with Crippen LogP contribution in [0, 0.1) is 17.8 Å². The highest BCUT2D eigenvalue weighted by molar-refractivity contribution is 5.72. The molecule has 3 nitrogen and oxygen atoms in total. The maximum Gasteiger partial charge on any atom is 0.309 e. The van der Waals surface area contributed by atoms with E-state index in [4.69, 9.17) is 4.74 Å². The van der Waals surface area contributed by atoms with Gasteiger partial charge < -0.3 is 9.64 Å². The normalized spacial score (nSPS) is 22.2. The van der Waals surface area contributed by atoms with Crippen LogP contribution in [0.3, 0.4) is 0 Å². The van der Waals surface area contributed by atoms with Crippen LogP contribution < -0.4 is 0 Å². The van der Waals surface area contributed by atoms with Gasteiger partial charge in [-0.05, 0) is 37.5 Å². The van der Waals surface area contributed by atoms with Crippen molar-refractivity contribution >= 4 is 5.97 Å². The number of carbonyl (C=O) groups excluding carboxylic acids is 1. The summed E-state index contributed by atoms with van der Waals surface area (Å²) in [5, 5.41) is 0. The lowest BCUT2D eigenvalue weighted by Crippen LogP contribution is -2.35. The lowest BCUT2D eigenvalue weighted by molar-refractivity contribution is -0.145. The molecule has 0 amide bonds. The van der Waals surface area contributed by atoms with Crippen LogP contribution in [0.5, 0.6) is 0 Å². The summed E-state index contributed by atoms with van der Waals surface area (Å²) in [6, 6.07) is 0. The number of carbonyl (C=O) groups is 1. The number of hydrogen-bond acceptors (Lipinski definition) is 3. The SMILES string of the molecule is COC(=O)C(C)CN(CC1CC1)CC1CC1. The molecule has 0 aromatic heterocycles. The molecular weight excluding hydrogens is 202 g/mol. The zero-order chi connectivity index (χ0) is 11.5. The Balaban J connectivity index is 1.76. The number of nitrogens with zero attached hydrogens (tertiary/aromatic N) is 1. The Labute approximate surface area is 98.1 Å². The molecule has 0 N–H and O–H groups in total.